The molecule has 0 aliphatic heterocycles. The van der Waals surface area contributed by atoms with Crippen LogP contribution in [0.2, 0.25) is 0 Å². The number of carbonyl (C=O) groups excluding carboxylic acids is 1. The first-order chi connectivity index (χ1) is 12.5. The van der Waals surface area contributed by atoms with E-state index in [1.807, 2.05) is 0 Å². The Hall–Kier alpha value is -3.29. The van der Waals surface area contributed by atoms with Crippen LogP contribution in [0.5, 0.6) is 17.2 Å². The van der Waals surface area contributed by atoms with Gasteiger partial charge in [0, 0.05) is 30.4 Å². The first kappa shape index (κ1) is 19.0. The van der Waals surface area contributed by atoms with Crippen molar-refractivity contribution in [2.24, 2.45) is 0 Å². The standard InChI is InChI=1S/C18H20N2O6/c1-24-12-9-15(25-2)13(16(10-12)26-3)5-7-20-17(21)14-8-11(18(22)23)4-6-19-14/h4,6,8-10H,5,7H2,1-3H3,(H,20,21)(H,22,23). The number of ether oxygens (including phenoxy) is 3. The van der Waals surface area contributed by atoms with Crippen molar-refractivity contribution in [3.05, 3.63) is 47.3 Å². The molecule has 8 heteroatoms. The van der Waals surface area contributed by atoms with E-state index >= 15 is 0 Å². The van der Waals surface area contributed by atoms with Crippen molar-refractivity contribution in [2.75, 3.05) is 27.9 Å². The molecule has 0 fully saturated rings. The van der Waals surface area contributed by atoms with Crippen molar-refractivity contribution in [2.45, 2.75) is 6.42 Å². The number of amides is 1. The van der Waals surface area contributed by atoms with Crippen LogP contribution < -0.4 is 19.5 Å². The molecule has 1 amide bonds. The van der Waals surface area contributed by atoms with E-state index in [9.17, 15) is 9.59 Å². The fourth-order valence-corrected chi connectivity index (χ4v) is 2.40. The van der Waals surface area contributed by atoms with Gasteiger partial charge in [-0.05, 0) is 18.6 Å². The zero-order valence-electron chi connectivity index (χ0n) is 14.7. The Kier molecular flexibility index (Phi) is 6.37. The molecular weight excluding hydrogens is 340 g/mol. The number of carboxylic acid groups (broad SMARTS) is 1. The highest BCUT2D eigenvalue weighted by Crippen LogP contribution is 2.34. The Labute approximate surface area is 150 Å². The number of carboxylic acids is 1. The molecule has 26 heavy (non-hydrogen) atoms. The van der Waals surface area contributed by atoms with Gasteiger partial charge < -0.3 is 24.6 Å². The van der Waals surface area contributed by atoms with Gasteiger partial charge in [-0.25, -0.2) is 4.79 Å². The average Bonchev–Trinajstić information content (AvgIpc) is 2.67. The maximum Gasteiger partial charge on any atom is 0.335 e. The third-order valence-electron chi connectivity index (χ3n) is 3.72. The number of hydrogen-bond acceptors (Lipinski definition) is 6. The summed E-state index contributed by atoms with van der Waals surface area (Å²) < 4.78 is 15.9. The number of rotatable bonds is 8. The topological polar surface area (TPSA) is 107 Å². The summed E-state index contributed by atoms with van der Waals surface area (Å²) >= 11 is 0. The number of nitrogens with zero attached hydrogens (tertiary/aromatic N) is 1. The molecular formula is C18H20N2O6. The van der Waals surface area contributed by atoms with E-state index in [1.165, 1.54) is 32.5 Å². The van der Waals surface area contributed by atoms with Crippen molar-refractivity contribution in [3.8, 4) is 17.2 Å². The Morgan fingerprint density at radius 3 is 2.27 bits per heavy atom. The van der Waals surface area contributed by atoms with Crippen LogP contribution in [0.4, 0.5) is 0 Å². The molecule has 0 saturated heterocycles. The van der Waals surface area contributed by atoms with Gasteiger partial charge in [-0.3, -0.25) is 9.78 Å². The summed E-state index contributed by atoms with van der Waals surface area (Å²) in [4.78, 5) is 27.0. The molecule has 0 spiro atoms. The normalized spacial score (nSPS) is 10.1. The summed E-state index contributed by atoms with van der Waals surface area (Å²) in [6, 6.07) is 6.02. The molecule has 2 rings (SSSR count). The number of pyridine rings is 1. The molecule has 2 N–H and O–H groups in total. The van der Waals surface area contributed by atoms with Gasteiger partial charge in [0.25, 0.3) is 5.91 Å². The first-order valence-corrected chi connectivity index (χ1v) is 7.76. The number of aromatic carboxylic acids is 1. The third kappa shape index (κ3) is 4.41. The van der Waals surface area contributed by atoms with E-state index in [0.717, 1.165) is 5.56 Å². The molecule has 0 radical (unpaired) electrons. The highest BCUT2D eigenvalue weighted by molar-refractivity contribution is 5.95. The summed E-state index contributed by atoms with van der Waals surface area (Å²) in [5, 5.41) is 11.7. The van der Waals surface area contributed by atoms with E-state index in [0.29, 0.717) is 23.7 Å². The lowest BCUT2D eigenvalue weighted by atomic mass is 10.1. The number of nitrogens with one attached hydrogen (secondary N) is 1. The van der Waals surface area contributed by atoms with Crippen molar-refractivity contribution in [1.29, 1.82) is 0 Å². The average molecular weight is 360 g/mol. The van der Waals surface area contributed by atoms with Crippen LogP contribution >= 0.6 is 0 Å². The second kappa shape index (κ2) is 8.70. The smallest absolute Gasteiger partial charge is 0.335 e. The molecule has 0 aliphatic carbocycles. The van der Waals surface area contributed by atoms with Gasteiger partial charge >= 0.3 is 5.97 Å². The van der Waals surface area contributed by atoms with Gasteiger partial charge in [0.15, 0.2) is 0 Å². The number of carbonyl (C=O) groups is 2. The minimum Gasteiger partial charge on any atom is -0.496 e. The Balaban J connectivity index is 2.08. The van der Waals surface area contributed by atoms with Gasteiger partial charge in [-0.1, -0.05) is 0 Å². The SMILES string of the molecule is COc1cc(OC)c(CCNC(=O)c2cc(C(=O)O)ccn2)c(OC)c1. The molecule has 0 aliphatic rings. The van der Waals surface area contributed by atoms with E-state index in [-0.39, 0.29) is 17.8 Å². The molecule has 1 aromatic carbocycles. The fraction of sp³-hybridized carbons (Fsp3) is 0.278. The van der Waals surface area contributed by atoms with Crippen LogP contribution in [0.3, 0.4) is 0 Å². The van der Waals surface area contributed by atoms with E-state index < -0.39 is 11.9 Å². The van der Waals surface area contributed by atoms with Crippen molar-refractivity contribution >= 4 is 11.9 Å². The number of aromatic nitrogens is 1. The quantitative estimate of drug-likeness (QED) is 0.739. The lowest BCUT2D eigenvalue weighted by Crippen LogP contribution is -2.27. The van der Waals surface area contributed by atoms with Crippen molar-refractivity contribution in [3.63, 3.8) is 0 Å². The summed E-state index contributed by atoms with van der Waals surface area (Å²) in [5.74, 6) is 0.192. The van der Waals surface area contributed by atoms with Crippen LogP contribution in [0.15, 0.2) is 30.5 Å². The van der Waals surface area contributed by atoms with Crippen LogP contribution in [0, 0.1) is 0 Å². The van der Waals surface area contributed by atoms with Gasteiger partial charge in [-0.15, -0.1) is 0 Å². The molecule has 1 aromatic heterocycles. The summed E-state index contributed by atoms with van der Waals surface area (Å²) in [5.41, 5.74) is 0.825. The minimum atomic E-state index is -1.12. The maximum absolute atomic E-state index is 12.2. The molecule has 138 valence electrons. The number of methoxy groups -OCH3 is 3. The molecule has 0 bridgehead atoms. The third-order valence-corrected chi connectivity index (χ3v) is 3.72. The van der Waals surface area contributed by atoms with Gasteiger partial charge in [0.1, 0.15) is 22.9 Å². The molecule has 1 heterocycles. The predicted octanol–water partition coefficient (Wildman–Crippen LogP) is 1.78. The zero-order valence-corrected chi connectivity index (χ0v) is 14.7. The first-order valence-electron chi connectivity index (χ1n) is 7.76. The van der Waals surface area contributed by atoms with Crippen molar-refractivity contribution < 1.29 is 28.9 Å². The highest BCUT2D eigenvalue weighted by atomic mass is 16.5. The van der Waals surface area contributed by atoms with Gasteiger partial charge in [-0.2, -0.15) is 0 Å². The lowest BCUT2D eigenvalue weighted by molar-refractivity contribution is 0.0696. The van der Waals surface area contributed by atoms with E-state index in [2.05, 4.69) is 10.3 Å². The van der Waals surface area contributed by atoms with Gasteiger partial charge in [0.2, 0.25) is 0 Å². The lowest BCUT2D eigenvalue weighted by Gasteiger charge is -2.15. The Bertz CT molecular complexity index is 781. The highest BCUT2D eigenvalue weighted by Gasteiger charge is 2.15. The molecule has 8 nitrogen and oxygen atoms in total. The van der Waals surface area contributed by atoms with Crippen LogP contribution in [-0.4, -0.2) is 49.8 Å². The van der Waals surface area contributed by atoms with Crippen LogP contribution in [0.1, 0.15) is 26.4 Å². The summed E-state index contributed by atoms with van der Waals surface area (Å²) in [6.45, 7) is 0.289. The number of benzene rings is 1. The van der Waals surface area contributed by atoms with E-state index in [1.54, 1.807) is 19.2 Å². The fourth-order valence-electron chi connectivity index (χ4n) is 2.40. The molecule has 2 aromatic rings. The minimum absolute atomic E-state index is 0.00337. The monoisotopic (exact) mass is 360 g/mol. The largest absolute Gasteiger partial charge is 0.496 e. The molecule has 0 unspecified atom stereocenters. The van der Waals surface area contributed by atoms with Crippen LogP contribution in [-0.2, 0) is 6.42 Å². The molecule has 0 atom stereocenters. The molecule has 0 saturated carbocycles. The second-order valence-electron chi connectivity index (χ2n) is 5.25. The Morgan fingerprint density at radius 1 is 1.08 bits per heavy atom. The predicted molar refractivity (Wildman–Crippen MR) is 93.3 cm³/mol. The summed E-state index contributed by atoms with van der Waals surface area (Å²) in [7, 11) is 4.63. The zero-order chi connectivity index (χ0) is 19.1. The van der Waals surface area contributed by atoms with Gasteiger partial charge in [0.05, 0.1) is 26.9 Å². The summed E-state index contributed by atoms with van der Waals surface area (Å²) in [6.07, 6.45) is 1.73. The number of hydrogen-bond donors (Lipinski definition) is 2. The van der Waals surface area contributed by atoms with Crippen LogP contribution in [0.25, 0.3) is 0 Å². The Morgan fingerprint density at radius 2 is 1.73 bits per heavy atom. The van der Waals surface area contributed by atoms with Crippen molar-refractivity contribution in [1.82, 2.24) is 10.3 Å². The van der Waals surface area contributed by atoms with E-state index in [4.69, 9.17) is 19.3 Å². The maximum atomic E-state index is 12.2. The second-order valence-corrected chi connectivity index (χ2v) is 5.25.